The number of hydrogen-bond donors (Lipinski definition) is 1. The van der Waals surface area contributed by atoms with Gasteiger partial charge in [0.25, 0.3) is 0 Å². The van der Waals surface area contributed by atoms with Crippen molar-refractivity contribution in [1.29, 1.82) is 5.26 Å². The summed E-state index contributed by atoms with van der Waals surface area (Å²) in [5.74, 6) is -0.401. The topological polar surface area (TPSA) is 103 Å². The van der Waals surface area contributed by atoms with Crippen LogP contribution in [0.4, 0.5) is 5.69 Å². The molecular weight excluding hydrogens is 416 g/mol. The molecule has 2 heterocycles. The summed E-state index contributed by atoms with van der Waals surface area (Å²) in [6, 6.07) is 14.9. The lowest BCUT2D eigenvalue weighted by Crippen LogP contribution is -2.53. The van der Waals surface area contributed by atoms with Gasteiger partial charge in [-0.25, -0.2) is 8.42 Å². The monoisotopic (exact) mass is 436 g/mol. The summed E-state index contributed by atoms with van der Waals surface area (Å²) >= 11 is 0. The van der Waals surface area contributed by atoms with Crippen LogP contribution in [0.3, 0.4) is 0 Å². The Kier molecular flexibility index (Phi) is 5.48. The van der Waals surface area contributed by atoms with Gasteiger partial charge in [0.1, 0.15) is 12.6 Å². The van der Waals surface area contributed by atoms with E-state index in [4.69, 9.17) is 0 Å². The molecule has 1 aromatic heterocycles. The average molecular weight is 436 g/mol. The molecule has 0 N–H and O–H groups in total. The third kappa shape index (κ3) is 3.78. The van der Waals surface area contributed by atoms with E-state index in [-0.39, 0.29) is 23.3 Å². The number of carbonyl (C=O) groups is 2. The van der Waals surface area contributed by atoms with Gasteiger partial charge in [0.05, 0.1) is 22.0 Å². The predicted molar refractivity (Wildman–Crippen MR) is 115 cm³/mol. The smallest absolute Gasteiger partial charge is 0.246 e. The minimum absolute atomic E-state index is 0.0522. The van der Waals surface area contributed by atoms with Crippen molar-refractivity contribution in [2.75, 3.05) is 24.5 Å². The van der Waals surface area contributed by atoms with E-state index < -0.39 is 16.7 Å². The first-order valence-corrected chi connectivity index (χ1v) is 10.9. The predicted octanol–water partition coefficient (Wildman–Crippen LogP) is 1.92. The number of amides is 2. The van der Waals surface area contributed by atoms with Crippen LogP contribution in [0.1, 0.15) is 18.5 Å². The summed E-state index contributed by atoms with van der Waals surface area (Å²) in [6.07, 6.45) is 1.79. The van der Waals surface area contributed by atoms with E-state index in [0.717, 1.165) is 10.9 Å². The molecule has 1 aliphatic rings. The van der Waals surface area contributed by atoms with Gasteiger partial charge in [-0.15, -0.1) is 0 Å². The molecule has 31 heavy (non-hydrogen) atoms. The van der Waals surface area contributed by atoms with Gasteiger partial charge in [0.2, 0.25) is 11.8 Å². The van der Waals surface area contributed by atoms with E-state index in [0.29, 0.717) is 24.3 Å². The molecule has 158 valence electrons. The maximum absolute atomic E-state index is 13.1. The summed E-state index contributed by atoms with van der Waals surface area (Å²) in [7, 11) is -2.67. The molecule has 0 radical (unpaired) electrons. The van der Waals surface area contributed by atoms with Crippen LogP contribution in [0, 0.1) is 11.3 Å². The van der Waals surface area contributed by atoms with E-state index in [2.05, 4.69) is 6.07 Å². The summed E-state index contributed by atoms with van der Waals surface area (Å²) < 4.78 is 23.9. The van der Waals surface area contributed by atoms with E-state index >= 15 is 0 Å². The van der Waals surface area contributed by atoms with Crippen molar-refractivity contribution in [2.24, 2.45) is 0 Å². The molecule has 1 unspecified atom stereocenters. The molecule has 4 rings (SSSR count). The second kappa shape index (κ2) is 8.24. The van der Waals surface area contributed by atoms with E-state index in [1.165, 1.54) is 17.0 Å². The fourth-order valence-corrected chi connectivity index (χ4v) is 4.29. The molecule has 3 aromatic rings. The highest BCUT2D eigenvalue weighted by Crippen LogP contribution is 2.25. The van der Waals surface area contributed by atoms with Crippen LogP contribution >= 0.6 is 0 Å². The maximum Gasteiger partial charge on any atom is 0.246 e. The molecule has 1 atom stereocenters. The summed E-state index contributed by atoms with van der Waals surface area (Å²) in [5.41, 5.74) is 1.94. The number of benzene rings is 2. The van der Waals surface area contributed by atoms with Crippen molar-refractivity contribution >= 4 is 39.1 Å². The highest BCUT2D eigenvalue weighted by atomic mass is 32.2. The van der Waals surface area contributed by atoms with Crippen molar-refractivity contribution in [3.63, 3.8) is 0 Å². The lowest BCUT2D eigenvalue weighted by atomic mass is 10.1. The highest BCUT2D eigenvalue weighted by molar-refractivity contribution is 7.72. The van der Waals surface area contributed by atoms with Crippen molar-refractivity contribution in [1.82, 2.24) is 9.47 Å². The molecule has 0 bridgehead atoms. The van der Waals surface area contributed by atoms with Crippen LogP contribution in [0.25, 0.3) is 10.9 Å². The van der Waals surface area contributed by atoms with Gasteiger partial charge in [-0.3, -0.25) is 9.59 Å². The molecule has 1 fully saturated rings. The maximum atomic E-state index is 13.1. The zero-order valence-corrected chi connectivity index (χ0v) is 17.7. The number of nitrogens with zero attached hydrogens (tertiary/aromatic N) is 4. The first kappa shape index (κ1) is 20.6. The molecule has 8 nitrogen and oxygen atoms in total. The molecular formula is C22H20N4O4S. The molecule has 0 spiro atoms. The molecule has 2 aromatic carbocycles. The van der Waals surface area contributed by atoms with Crippen LogP contribution in [0.5, 0.6) is 0 Å². The SMILES string of the molecule is CC(C(=O)N1CCN(c2ccc([SH](=O)=O)cc2)C(=O)C1)n1ccc2c(C#N)cccc21. The third-order valence-corrected chi connectivity index (χ3v) is 6.28. The number of carbonyl (C=O) groups excluding carboxylic acids is 2. The molecule has 2 amide bonds. The second-order valence-electron chi connectivity index (χ2n) is 7.33. The Morgan fingerprint density at radius 2 is 1.84 bits per heavy atom. The third-order valence-electron chi connectivity index (χ3n) is 5.56. The number of thiol groups is 1. The molecule has 0 saturated carbocycles. The van der Waals surface area contributed by atoms with Gasteiger partial charge in [0.15, 0.2) is 10.7 Å². The van der Waals surface area contributed by atoms with Crippen LogP contribution in [0.2, 0.25) is 0 Å². The Balaban J connectivity index is 1.50. The normalized spacial score (nSPS) is 15.3. The van der Waals surface area contributed by atoms with Gasteiger partial charge in [-0.1, -0.05) is 6.07 Å². The Labute approximate surface area is 180 Å². The van der Waals surface area contributed by atoms with Gasteiger partial charge in [-0.05, 0) is 49.4 Å². The van der Waals surface area contributed by atoms with Crippen molar-refractivity contribution in [3.05, 3.63) is 60.3 Å². The van der Waals surface area contributed by atoms with Gasteiger partial charge >= 0.3 is 0 Å². The van der Waals surface area contributed by atoms with E-state index in [1.807, 2.05) is 16.7 Å². The fourth-order valence-electron chi connectivity index (χ4n) is 3.90. The lowest BCUT2D eigenvalue weighted by Gasteiger charge is -2.35. The Morgan fingerprint density at radius 1 is 1.10 bits per heavy atom. The molecule has 9 heteroatoms. The molecule has 0 aliphatic carbocycles. The summed E-state index contributed by atoms with van der Waals surface area (Å²) in [5, 5.41) is 10.1. The minimum Gasteiger partial charge on any atom is -0.335 e. The number of anilines is 1. The van der Waals surface area contributed by atoms with E-state index in [9.17, 15) is 23.3 Å². The first-order valence-electron chi connectivity index (χ1n) is 9.74. The van der Waals surface area contributed by atoms with Crippen molar-refractivity contribution in [2.45, 2.75) is 17.9 Å². The fraction of sp³-hybridized carbons (Fsp3) is 0.227. The molecule has 1 saturated heterocycles. The Morgan fingerprint density at radius 3 is 2.48 bits per heavy atom. The minimum atomic E-state index is -2.67. The van der Waals surface area contributed by atoms with Gasteiger partial charge < -0.3 is 14.4 Å². The van der Waals surface area contributed by atoms with Crippen molar-refractivity contribution < 1.29 is 18.0 Å². The Bertz CT molecular complexity index is 1280. The quantitative estimate of drug-likeness (QED) is 0.630. The summed E-state index contributed by atoms with van der Waals surface area (Å²) in [4.78, 5) is 29.1. The first-order chi connectivity index (χ1) is 14.9. The van der Waals surface area contributed by atoms with Crippen LogP contribution < -0.4 is 4.90 Å². The number of piperazine rings is 1. The number of rotatable bonds is 4. The lowest BCUT2D eigenvalue weighted by molar-refractivity contribution is -0.139. The number of fused-ring (bicyclic) bond motifs is 1. The Hall–Kier alpha value is -3.64. The zero-order chi connectivity index (χ0) is 22.1. The van der Waals surface area contributed by atoms with Crippen LogP contribution in [-0.2, 0) is 20.3 Å². The van der Waals surface area contributed by atoms with Gasteiger partial charge in [-0.2, -0.15) is 5.26 Å². The standard InChI is InChI=1S/C22H20N4O4S/c1-15(25-10-9-19-16(13-23)3-2-4-20(19)25)22(28)24-11-12-26(21(27)14-24)17-5-7-18(8-6-17)31(29)30/h2-10,15,31H,11-12,14H2,1H3. The average Bonchev–Trinajstić information content (AvgIpc) is 3.22. The number of aromatic nitrogens is 1. The summed E-state index contributed by atoms with van der Waals surface area (Å²) in [6.45, 7) is 2.42. The number of hydrogen-bond acceptors (Lipinski definition) is 5. The molecule has 1 aliphatic heterocycles. The van der Waals surface area contributed by atoms with E-state index in [1.54, 1.807) is 42.3 Å². The number of nitriles is 1. The second-order valence-corrected chi connectivity index (χ2v) is 8.36. The van der Waals surface area contributed by atoms with Crippen molar-refractivity contribution in [3.8, 4) is 6.07 Å². The van der Waals surface area contributed by atoms with Crippen LogP contribution in [-0.4, -0.2) is 49.3 Å². The highest BCUT2D eigenvalue weighted by Gasteiger charge is 2.31. The largest absolute Gasteiger partial charge is 0.335 e. The zero-order valence-electron chi connectivity index (χ0n) is 16.8. The van der Waals surface area contributed by atoms with Crippen LogP contribution in [0.15, 0.2) is 59.6 Å². The van der Waals surface area contributed by atoms with Gasteiger partial charge in [0, 0.05) is 30.4 Å².